The van der Waals surface area contributed by atoms with Crippen LogP contribution in [-0.4, -0.2) is 19.5 Å². The van der Waals surface area contributed by atoms with Crippen molar-refractivity contribution in [3.63, 3.8) is 0 Å². The van der Waals surface area contributed by atoms with Crippen molar-refractivity contribution in [3.05, 3.63) is 11.6 Å². The molecule has 11 heavy (non-hydrogen) atoms. The first kappa shape index (κ1) is 10.4. The molecule has 0 aromatic carbocycles. The number of aldehydes is 1. The second-order valence-corrected chi connectivity index (χ2v) is 2.48. The number of allylic oxidation sites excluding steroid dienone is 1. The molecule has 0 saturated heterocycles. The van der Waals surface area contributed by atoms with Crippen LogP contribution in [0.5, 0.6) is 0 Å². The van der Waals surface area contributed by atoms with Crippen molar-refractivity contribution in [3.8, 4) is 0 Å². The van der Waals surface area contributed by atoms with Gasteiger partial charge in [-0.1, -0.05) is 13.0 Å². The van der Waals surface area contributed by atoms with Gasteiger partial charge in [0.15, 0.2) is 0 Å². The molecule has 0 saturated carbocycles. The van der Waals surface area contributed by atoms with Crippen LogP contribution in [0.25, 0.3) is 0 Å². The van der Waals surface area contributed by atoms with Gasteiger partial charge in [-0.15, -0.1) is 0 Å². The minimum absolute atomic E-state index is 0.176. The maximum Gasteiger partial charge on any atom is 0.123 e. The summed E-state index contributed by atoms with van der Waals surface area (Å²) in [4.78, 5) is 10.0. The molecule has 0 N–H and O–H groups in total. The second kappa shape index (κ2) is 6.10. The van der Waals surface area contributed by atoms with E-state index in [0.717, 1.165) is 18.3 Å². The van der Waals surface area contributed by atoms with Gasteiger partial charge in [-0.2, -0.15) is 0 Å². The molecule has 2 heteroatoms. The molecule has 2 nitrogen and oxygen atoms in total. The standard InChI is InChI=1S/C9H16O2/c1-4-9(11-3)8(2)6-5-7-10/h6-7,9H,4-5H2,1-3H3. The molecule has 0 rings (SSSR count). The Kier molecular flexibility index (Phi) is 5.75. The molecule has 0 aromatic heterocycles. The lowest BCUT2D eigenvalue weighted by atomic mass is 10.1. The Labute approximate surface area is 68.2 Å². The lowest BCUT2D eigenvalue weighted by molar-refractivity contribution is -0.107. The summed E-state index contributed by atoms with van der Waals surface area (Å²) in [6, 6.07) is 0. The normalized spacial score (nSPS) is 14.6. The van der Waals surface area contributed by atoms with Crippen molar-refractivity contribution in [2.24, 2.45) is 0 Å². The summed E-state index contributed by atoms with van der Waals surface area (Å²) in [5.41, 5.74) is 1.14. The maximum absolute atomic E-state index is 10.0. The van der Waals surface area contributed by atoms with Crippen molar-refractivity contribution in [1.82, 2.24) is 0 Å². The molecule has 0 spiro atoms. The van der Waals surface area contributed by atoms with Crippen LogP contribution in [-0.2, 0) is 9.53 Å². The van der Waals surface area contributed by atoms with Gasteiger partial charge in [0.05, 0.1) is 6.10 Å². The molecule has 0 bridgehead atoms. The fourth-order valence-electron chi connectivity index (χ4n) is 1.04. The SMILES string of the molecule is CCC(OC)C(C)=CCC=O. The number of ether oxygens (including phenoxy) is 1. The van der Waals surface area contributed by atoms with E-state index in [9.17, 15) is 4.79 Å². The minimum atomic E-state index is 0.176. The molecule has 0 aliphatic rings. The van der Waals surface area contributed by atoms with E-state index in [1.807, 2.05) is 13.0 Å². The molecule has 0 amide bonds. The van der Waals surface area contributed by atoms with E-state index in [1.165, 1.54) is 0 Å². The smallest absolute Gasteiger partial charge is 0.123 e. The summed E-state index contributed by atoms with van der Waals surface area (Å²) >= 11 is 0. The summed E-state index contributed by atoms with van der Waals surface area (Å²) in [5, 5.41) is 0. The minimum Gasteiger partial charge on any atom is -0.377 e. The van der Waals surface area contributed by atoms with Crippen molar-refractivity contribution < 1.29 is 9.53 Å². The summed E-state index contributed by atoms with van der Waals surface area (Å²) < 4.78 is 5.17. The summed E-state index contributed by atoms with van der Waals surface area (Å²) in [6.07, 6.45) is 4.43. The highest BCUT2D eigenvalue weighted by Gasteiger charge is 2.04. The van der Waals surface area contributed by atoms with E-state index < -0.39 is 0 Å². The zero-order valence-electron chi connectivity index (χ0n) is 7.46. The molecule has 0 aliphatic carbocycles. The van der Waals surface area contributed by atoms with Crippen molar-refractivity contribution >= 4 is 6.29 Å². The van der Waals surface area contributed by atoms with Crippen molar-refractivity contribution in [1.29, 1.82) is 0 Å². The second-order valence-electron chi connectivity index (χ2n) is 2.48. The highest BCUT2D eigenvalue weighted by Crippen LogP contribution is 2.08. The average molecular weight is 156 g/mol. The van der Waals surface area contributed by atoms with Crippen molar-refractivity contribution in [2.45, 2.75) is 32.8 Å². The third-order valence-corrected chi connectivity index (χ3v) is 1.70. The van der Waals surface area contributed by atoms with E-state index in [0.29, 0.717) is 6.42 Å². The van der Waals surface area contributed by atoms with Gasteiger partial charge < -0.3 is 9.53 Å². The Balaban J connectivity index is 3.95. The molecule has 0 heterocycles. The third kappa shape index (κ3) is 3.94. The predicted molar refractivity (Wildman–Crippen MR) is 45.5 cm³/mol. The average Bonchev–Trinajstić information content (AvgIpc) is 2.03. The molecule has 0 aliphatic heterocycles. The Morgan fingerprint density at radius 2 is 2.27 bits per heavy atom. The fraction of sp³-hybridized carbons (Fsp3) is 0.667. The Morgan fingerprint density at radius 3 is 2.64 bits per heavy atom. The van der Waals surface area contributed by atoms with Crippen LogP contribution in [0.2, 0.25) is 0 Å². The van der Waals surface area contributed by atoms with E-state index in [-0.39, 0.29) is 6.10 Å². The van der Waals surface area contributed by atoms with Crippen molar-refractivity contribution in [2.75, 3.05) is 7.11 Å². The first-order valence-electron chi connectivity index (χ1n) is 3.89. The summed E-state index contributed by atoms with van der Waals surface area (Å²) in [7, 11) is 1.69. The Morgan fingerprint density at radius 1 is 1.64 bits per heavy atom. The lowest BCUT2D eigenvalue weighted by Gasteiger charge is -2.12. The highest BCUT2D eigenvalue weighted by molar-refractivity contribution is 5.52. The van der Waals surface area contributed by atoms with Gasteiger partial charge in [0.2, 0.25) is 0 Å². The number of carbonyl (C=O) groups excluding carboxylic acids is 1. The van der Waals surface area contributed by atoms with E-state index in [2.05, 4.69) is 6.92 Å². The van der Waals surface area contributed by atoms with Crippen LogP contribution in [0.3, 0.4) is 0 Å². The summed E-state index contributed by atoms with van der Waals surface area (Å²) in [6.45, 7) is 4.05. The zero-order valence-corrected chi connectivity index (χ0v) is 7.46. The Hall–Kier alpha value is -0.630. The van der Waals surface area contributed by atoms with Crippen LogP contribution < -0.4 is 0 Å². The molecule has 64 valence electrons. The first-order chi connectivity index (χ1) is 5.26. The van der Waals surface area contributed by atoms with Crippen LogP contribution >= 0.6 is 0 Å². The Bertz CT molecular complexity index is 134. The van der Waals surface area contributed by atoms with Crippen LogP contribution in [0.1, 0.15) is 26.7 Å². The summed E-state index contributed by atoms with van der Waals surface area (Å²) in [5.74, 6) is 0. The number of methoxy groups -OCH3 is 1. The number of hydrogen-bond acceptors (Lipinski definition) is 2. The maximum atomic E-state index is 10.0. The van der Waals surface area contributed by atoms with Crippen LogP contribution in [0.15, 0.2) is 11.6 Å². The number of hydrogen-bond donors (Lipinski definition) is 0. The number of carbonyl (C=O) groups is 1. The van der Waals surface area contributed by atoms with E-state index in [1.54, 1.807) is 7.11 Å². The topological polar surface area (TPSA) is 26.3 Å². The molecule has 0 aromatic rings. The third-order valence-electron chi connectivity index (χ3n) is 1.70. The van der Waals surface area contributed by atoms with Gasteiger partial charge in [0.25, 0.3) is 0 Å². The molecular formula is C9H16O2. The van der Waals surface area contributed by atoms with Gasteiger partial charge in [0.1, 0.15) is 6.29 Å². The monoisotopic (exact) mass is 156 g/mol. The zero-order chi connectivity index (χ0) is 8.69. The quantitative estimate of drug-likeness (QED) is 0.449. The lowest BCUT2D eigenvalue weighted by Crippen LogP contribution is -2.10. The van der Waals surface area contributed by atoms with Gasteiger partial charge >= 0.3 is 0 Å². The molecule has 0 radical (unpaired) electrons. The highest BCUT2D eigenvalue weighted by atomic mass is 16.5. The molecule has 1 atom stereocenters. The van der Waals surface area contributed by atoms with Crippen LogP contribution in [0.4, 0.5) is 0 Å². The van der Waals surface area contributed by atoms with Gasteiger partial charge in [0, 0.05) is 13.5 Å². The van der Waals surface area contributed by atoms with Crippen LogP contribution in [0, 0.1) is 0 Å². The fourth-order valence-corrected chi connectivity index (χ4v) is 1.04. The molecular weight excluding hydrogens is 140 g/mol. The van der Waals surface area contributed by atoms with E-state index >= 15 is 0 Å². The molecule has 0 fully saturated rings. The number of rotatable bonds is 5. The first-order valence-corrected chi connectivity index (χ1v) is 3.89. The van der Waals surface area contributed by atoms with Gasteiger partial charge in [-0.05, 0) is 18.9 Å². The van der Waals surface area contributed by atoms with Gasteiger partial charge in [-0.3, -0.25) is 0 Å². The predicted octanol–water partition coefficient (Wildman–Crippen LogP) is 1.95. The molecule has 1 unspecified atom stereocenters. The largest absolute Gasteiger partial charge is 0.377 e. The van der Waals surface area contributed by atoms with Gasteiger partial charge in [-0.25, -0.2) is 0 Å². The van der Waals surface area contributed by atoms with E-state index in [4.69, 9.17) is 4.74 Å².